The van der Waals surface area contributed by atoms with Crippen LogP contribution in [0.15, 0.2) is 16.5 Å². The normalized spacial score (nSPS) is 17.2. The zero-order chi connectivity index (χ0) is 13.8. The summed E-state index contributed by atoms with van der Waals surface area (Å²) in [5, 5.41) is 2.89. The van der Waals surface area contributed by atoms with Crippen LogP contribution < -0.4 is 5.32 Å². The summed E-state index contributed by atoms with van der Waals surface area (Å²) in [5.41, 5.74) is 0. The molecule has 104 valence electrons. The standard InChI is InChI=1S/C14H19NO4/c1-9-7-8-12(18-9)14(17)19-10(2)13(16)15-11-5-3-4-6-11/h7-8,10-11H,3-6H2,1-2H3,(H,15,16)/t10-/m1/s1. The minimum atomic E-state index is -0.807. The molecule has 2 rings (SSSR count). The third kappa shape index (κ3) is 3.59. The molecule has 1 fully saturated rings. The number of furan rings is 1. The fraction of sp³-hybridized carbons (Fsp3) is 0.571. The Morgan fingerprint density at radius 3 is 2.63 bits per heavy atom. The van der Waals surface area contributed by atoms with Crippen molar-refractivity contribution in [2.45, 2.75) is 51.7 Å². The van der Waals surface area contributed by atoms with Gasteiger partial charge in [0, 0.05) is 6.04 Å². The average Bonchev–Trinajstić information content (AvgIpc) is 3.00. The quantitative estimate of drug-likeness (QED) is 0.847. The number of aryl methyl sites for hydroxylation is 1. The first-order chi connectivity index (χ1) is 9.06. The van der Waals surface area contributed by atoms with Crippen LogP contribution in [0.3, 0.4) is 0 Å². The second-order valence-electron chi connectivity index (χ2n) is 4.95. The fourth-order valence-electron chi connectivity index (χ4n) is 2.21. The summed E-state index contributed by atoms with van der Waals surface area (Å²) < 4.78 is 10.2. The van der Waals surface area contributed by atoms with Gasteiger partial charge in [0.05, 0.1) is 0 Å². The molecule has 0 saturated heterocycles. The van der Waals surface area contributed by atoms with Crippen molar-refractivity contribution in [2.75, 3.05) is 0 Å². The molecule has 1 saturated carbocycles. The maximum atomic E-state index is 11.9. The fourth-order valence-corrected chi connectivity index (χ4v) is 2.21. The molecule has 0 unspecified atom stereocenters. The van der Waals surface area contributed by atoms with Gasteiger partial charge in [-0.3, -0.25) is 4.79 Å². The number of ether oxygens (including phenoxy) is 1. The second-order valence-corrected chi connectivity index (χ2v) is 4.95. The molecule has 0 aliphatic heterocycles. The Kier molecular flexibility index (Phi) is 4.24. The van der Waals surface area contributed by atoms with Crippen molar-refractivity contribution >= 4 is 11.9 Å². The number of esters is 1. The number of carbonyl (C=O) groups is 2. The smallest absolute Gasteiger partial charge is 0.375 e. The van der Waals surface area contributed by atoms with E-state index < -0.39 is 12.1 Å². The van der Waals surface area contributed by atoms with Crippen molar-refractivity contribution < 1.29 is 18.7 Å². The lowest BCUT2D eigenvalue weighted by Gasteiger charge is -2.16. The predicted molar refractivity (Wildman–Crippen MR) is 68.7 cm³/mol. The number of rotatable bonds is 4. The molecule has 0 spiro atoms. The van der Waals surface area contributed by atoms with Crippen LogP contribution >= 0.6 is 0 Å². The molecule has 1 atom stereocenters. The van der Waals surface area contributed by atoms with Crippen LogP contribution in [-0.4, -0.2) is 24.0 Å². The Bertz CT molecular complexity index is 460. The first kappa shape index (κ1) is 13.6. The molecule has 5 nitrogen and oxygen atoms in total. The van der Waals surface area contributed by atoms with Crippen LogP contribution in [0.25, 0.3) is 0 Å². The van der Waals surface area contributed by atoms with E-state index in [0.29, 0.717) is 5.76 Å². The monoisotopic (exact) mass is 265 g/mol. The van der Waals surface area contributed by atoms with Gasteiger partial charge >= 0.3 is 5.97 Å². The number of amides is 1. The maximum absolute atomic E-state index is 11.9. The van der Waals surface area contributed by atoms with Crippen LogP contribution in [0.5, 0.6) is 0 Å². The third-order valence-corrected chi connectivity index (χ3v) is 3.30. The molecule has 1 heterocycles. The zero-order valence-corrected chi connectivity index (χ0v) is 11.3. The molecule has 1 aromatic rings. The van der Waals surface area contributed by atoms with Crippen molar-refractivity contribution in [3.63, 3.8) is 0 Å². The molecular formula is C14H19NO4. The van der Waals surface area contributed by atoms with Crippen LogP contribution in [0.2, 0.25) is 0 Å². The highest BCUT2D eigenvalue weighted by Crippen LogP contribution is 2.18. The van der Waals surface area contributed by atoms with Gasteiger partial charge in [0.25, 0.3) is 5.91 Å². The van der Waals surface area contributed by atoms with Gasteiger partial charge in [0.1, 0.15) is 5.76 Å². The van der Waals surface area contributed by atoms with Crippen molar-refractivity contribution in [1.29, 1.82) is 0 Å². The van der Waals surface area contributed by atoms with E-state index in [9.17, 15) is 9.59 Å². The molecule has 0 radical (unpaired) electrons. The Balaban J connectivity index is 1.84. The summed E-state index contributed by atoms with van der Waals surface area (Å²) in [4.78, 5) is 23.6. The van der Waals surface area contributed by atoms with E-state index in [2.05, 4.69) is 5.32 Å². The van der Waals surface area contributed by atoms with Gasteiger partial charge in [-0.2, -0.15) is 0 Å². The van der Waals surface area contributed by atoms with Gasteiger partial charge in [-0.25, -0.2) is 4.79 Å². The van der Waals surface area contributed by atoms with E-state index in [1.54, 1.807) is 26.0 Å². The highest BCUT2D eigenvalue weighted by Gasteiger charge is 2.24. The first-order valence-electron chi connectivity index (χ1n) is 6.64. The van der Waals surface area contributed by atoms with Gasteiger partial charge < -0.3 is 14.5 Å². The molecule has 19 heavy (non-hydrogen) atoms. The largest absolute Gasteiger partial charge is 0.454 e. The Labute approximate surface area is 112 Å². The van der Waals surface area contributed by atoms with Crippen molar-refractivity contribution in [3.8, 4) is 0 Å². The van der Waals surface area contributed by atoms with Crippen molar-refractivity contribution in [3.05, 3.63) is 23.7 Å². The summed E-state index contributed by atoms with van der Waals surface area (Å²) in [5.74, 6) is -0.0984. The van der Waals surface area contributed by atoms with E-state index >= 15 is 0 Å². The average molecular weight is 265 g/mol. The van der Waals surface area contributed by atoms with Crippen LogP contribution in [-0.2, 0) is 9.53 Å². The van der Waals surface area contributed by atoms with Crippen molar-refractivity contribution in [2.24, 2.45) is 0 Å². The molecule has 1 aliphatic rings. The number of carbonyl (C=O) groups excluding carboxylic acids is 2. The van der Waals surface area contributed by atoms with E-state index in [1.807, 2.05) is 0 Å². The highest BCUT2D eigenvalue weighted by molar-refractivity contribution is 5.90. The molecule has 1 amide bonds. The molecular weight excluding hydrogens is 246 g/mol. The minimum Gasteiger partial charge on any atom is -0.454 e. The lowest BCUT2D eigenvalue weighted by atomic mass is 10.2. The molecule has 0 bridgehead atoms. The van der Waals surface area contributed by atoms with E-state index in [-0.39, 0.29) is 17.7 Å². The second kappa shape index (κ2) is 5.91. The summed E-state index contributed by atoms with van der Waals surface area (Å²) in [6.45, 7) is 3.31. The summed E-state index contributed by atoms with van der Waals surface area (Å²) in [6, 6.07) is 3.44. The molecule has 1 N–H and O–H groups in total. The van der Waals surface area contributed by atoms with Gasteiger partial charge in [0.15, 0.2) is 6.10 Å². The third-order valence-electron chi connectivity index (χ3n) is 3.30. The number of nitrogens with one attached hydrogen (secondary N) is 1. The zero-order valence-electron chi connectivity index (χ0n) is 11.3. The summed E-state index contributed by atoms with van der Waals surface area (Å²) in [7, 11) is 0. The topological polar surface area (TPSA) is 68.5 Å². The van der Waals surface area contributed by atoms with Gasteiger partial charge in [-0.1, -0.05) is 12.8 Å². The number of hydrogen-bond donors (Lipinski definition) is 1. The minimum absolute atomic E-state index is 0.123. The van der Waals surface area contributed by atoms with Crippen LogP contribution in [0.1, 0.15) is 48.9 Å². The van der Waals surface area contributed by atoms with Gasteiger partial charge in [0.2, 0.25) is 5.76 Å². The lowest BCUT2D eigenvalue weighted by molar-refractivity contribution is -0.129. The van der Waals surface area contributed by atoms with E-state index in [1.165, 1.54) is 0 Å². The molecule has 1 aromatic heterocycles. The lowest BCUT2D eigenvalue weighted by Crippen LogP contribution is -2.40. The van der Waals surface area contributed by atoms with Gasteiger partial charge in [-0.15, -0.1) is 0 Å². The van der Waals surface area contributed by atoms with Crippen molar-refractivity contribution in [1.82, 2.24) is 5.32 Å². The molecule has 5 heteroatoms. The Morgan fingerprint density at radius 1 is 1.37 bits per heavy atom. The summed E-state index contributed by atoms with van der Waals surface area (Å²) >= 11 is 0. The summed E-state index contributed by atoms with van der Waals surface area (Å²) in [6.07, 6.45) is 3.49. The first-order valence-corrected chi connectivity index (χ1v) is 6.64. The predicted octanol–water partition coefficient (Wildman–Crippen LogP) is 2.19. The van der Waals surface area contributed by atoms with Crippen LogP contribution in [0, 0.1) is 6.92 Å². The van der Waals surface area contributed by atoms with E-state index in [4.69, 9.17) is 9.15 Å². The molecule has 1 aliphatic carbocycles. The number of hydrogen-bond acceptors (Lipinski definition) is 4. The molecule has 0 aromatic carbocycles. The highest BCUT2D eigenvalue weighted by atomic mass is 16.6. The Hall–Kier alpha value is -1.78. The maximum Gasteiger partial charge on any atom is 0.375 e. The van der Waals surface area contributed by atoms with E-state index in [0.717, 1.165) is 25.7 Å². The van der Waals surface area contributed by atoms with Gasteiger partial charge in [-0.05, 0) is 38.8 Å². The Morgan fingerprint density at radius 2 is 2.05 bits per heavy atom. The SMILES string of the molecule is Cc1ccc(C(=O)O[C@H](C)C(=O)NC2CCCC2)o1. The van der Waals surface area contributed by atoms with Crippen LogP contribution in [0.4, 0.5) is 0 Å².